The fourth-order valence-corrected chi connectivity index (χ4v) is 0. The van der Waals surface area contributed by atoms with Crippen molar-refractivity contribution in [3.05, 3.63) is 0 Å². The molecule has 0 fully saturated rings. The Morgan fingerprint density at radius 1 is 0.154 bits per heavy atom. The summed E-state index contributed by atoms with van der Waals surface area (Å²) in [7, 11) is 0. The fraction of sp³-hybridized carbons (Fsp3) is 0. The van der Waals surface area contributed by atoms with Gasteiger partial charge in [-0.05, 0) is 0 Å². The molecule has 0 unspecified atom stereocenters. The van der Waals surface area contributed by atoms with E-state index in [0.717, 1.165) is 0 Å². The number of hydrogen-bond acceptors (Lipinski definition) is 0. The zero-order valence-corrected chi connectivity index (χ0v) is 7.46. The Bertz CT molecular complexity index is 5.09. The van der Waals surface area contributed by atoms with Crippen molar-refractivity contribution < 1.29 is 82.8 Å². The van der Waals surface area contributed by atoms with Gasteiger partial charge >= 0.3 is 0 Å². The zero-order valence-electron chi connectivity index (χ0n) is 6.35. The van der Waals surface area contributed by atoms with Crippen molar-refractivity contribution in [2.45, 2.75) is 0 Å². The van der Waals surface area contributed by atoms with E-state index in [1.807, 2.05) is 0 Å². The third-order valence-corrected chi connectivity index (χ3v) is 0. The summed E-state index contributed by atoms with van der Waals surface area (Å²) >= 11 is 0. The smallest absolute Gasteiger partial charge is 0 e. The maximum absolute atomic E-state index is 0. The molecule has 0 aromatic heterocycles. The molecule has 104 valence electrons. The molecular weight excluding hydrogens is 248 g/mol. The summed E-state index contributed by atoms with van der Waals surface area (Å²) in [6, 6.07) is 0. The first-order valence-corrected chi connectivity index (χ1v) is 0. The molecule has 0 bridgehead atoms. The largest absolute Gasteiger partial charge is 0.412 e. The van der Waals surface area contributed by atoms with E-state index in [1.165, 1.54) is 0 Å². The topological polar surface area (TPSA) is 378 Å². The van der Waals surface area contributed by atoms with Gasteiger partial charge in [0.25, 0.3) is 0 Å². The summed E-state index contributed by atoms with van der Waals surface area (Å²) in [4.78, 5) is 0. The van der Waals surface area contributed by atoms with Gasteiger partial charge in [-0.3, -0.25) is 0 Å². The molecule has 13 heavy (non-hydrogen) atoms. The summed E-state index contributed by atoms with van der Waals surface area (Å²) in [5, 5.41) is 0. The molecular formula is H24FeO12. The zero-order chi connectivity index (χ0) is 0. The number of hydrogen-bond donors (Lipinski definition) is 0. The van der Waals surface area contributed by atoms with E-state index in [0.29, 0.717) is 0 Å². The van der Waals surface area contributed by atoms with Crippen molar-refractivity contribution in [3.63, 3.8) is 0 Å². The van der Waals surface area contributed by atoms with Crippen LogP contribution in [0.25, 0.3) is 0 Å². The van der Waals surface area contributed by atoms with Crippen LogP contribution >= 0.6 is 0 Å². The average molecular weight is 272 g/mol. The minimum atomic E-state index is 0. The van der Waals surface area contributed by atoms with Crippen molar-refractivity contribution in [2.75, 3.05) is 0 Å². The van der Waals surface area contributed by atoms with Crippen LogP contribution in [0.2, 0.25) is 0 Å². The summed E-state index contributed by atoms with van der Waals surface area (Å²) in [5.74, 6) is 0. The minimum absolute atomic E-state index is 0. The first kappa shape index (κ1) is 1210000. The minimum Gasteiger partial charge on any atom is -0.412 e. The Morgan fingerprint density at radius 2 is 0.154 bits per heavy atom. The molecule has 0 amide bonds. The normalized spacial score (nSPS) is 0. The van der Waals surface area contributed by atoms with Crippen LogP contribution in [0, 0.1) is 0 Å². The Balaban J connectivity index is 0. The van der Waals surface area contributed by atoms with Gasteiger partial charge in [0, 0.05) is 17.1 Å². The van der Waals surface area contributed by atoms with Crippen molar-refractivity contribution >= 4 is 0 Å². The summed E-state index contributed by atoms with van der Waals surface area (Å²) in [5.41, 5.74) is 0. The average Bonchev–Trinajstić information content (AvgIpc) is 0. The van der Waals surface area contributed by atoms with E-state index < -0.39 is 0 Å². The summed E-state index contributed by atoms with van der Waals surface area (Å²) in [6.07, 6.45) is 0. The van der Waals surface area contributed by atoms with Gasteiger partial charge in [0.05, 0.1) is 0 Å². The molecule has 0 aliphatic heterocycles. The Kier molecular flexibility index (Phi) is 87800000000. The van der Waals surface area contributed by atoms with E-state index in [4.69, 9.17) is 0 Å². The van der Waals surface area contributed by atoms with Crippen LogP contribution < -0.4 is 0 Å². The molecule has 0 aliphatic rings. The fourth-order valence-electron chi connectivity index (χ4n) is 0. The quantitative estimate of drug-likeness (QED) is 0.370. The van der Waals surface area contributed by atoms with Crippen LogP contribution in [0.3, 0.4) is 0 Å². The molecule has 24 N–H and O–H groups in total. The first-order valence-electron chi connectivity index (χ1n) is 0. The van der Waals surface area contributed by atoms with Gasteiger partial charge in [-0.2, -0.15) is 0 Å². The summed E-state index contributed by atoms with van der Waals surface area (Å²) in [6.45, 7) is 0. The molecule has 0 aliphatic carbocycles. The van der Waals surface area contributed by atoms with Crippen molar-refractivity contribution in [1.29, 1.82) is 0 Å². The van der Waals surface area contributed by atoms with Crippen molar-refractivity contribution in [1.82, 2.24) is 0 Å². The monoisotopic (exact) mass is 272 g/mol. The first-order chi connectivity index (χ1) is 0. The van der Waals surface area contributed by atoms with Gasteiger partial charge in [0.2, 0.25) is 0 Å². The van der Waals surface area contributed by atoms with E-state index in [-0.39, 0.29) is 82.8 Å². The van der Waals surface area contributed by atoms with Gasteiger partial charge in [0.1, 0.15) is 0 Å². The molecule has 0 aromatic carbocycles. The molecule has 0 heterocycles. The Labute approximate surface area is 83.7 Å². The third kappa shape index (κ3) is 779000. The van der Waals surface area contributed by atoms with E-state index in [9.17, 15) is 0 Å². The van der Waals surface area contributed by atoms with Crippen LogP contribution in [-0.2, 0) is 17.1 Å². The molecule has 0 radical (unpaired) electrons. The molecule has 0 spiro atoms. The van der Waals surface area contributed by atoms with Crippen LogP contribution in [0.1, 0.15) is 0 Å². The van der Waals surface area contributed by atoms with Gasteiger partial charge in [-0.1, -0.05) is 0 Å². The molecule has 13 heteroatoms. The van der Waals surface area contributed by atoms with E-state index in [2.05, 4.69) is 0 Å². The standard InChI is InChI=1S/Fe.12H2O/h;12*1H2. The van der Waals surface area contributed by atoms with Crippen LogP contribution in [0.15, 0.2) is 0 Å². The maximum atomic E-state index is 0. The second-order valence-electron chi connectivity index (χ2n) is 0. The van der Waals surface area contributed by atoms with Crippen LogP contribution in [-0.4, -0.2) is 65.7 Å². The summed E-state index contributed by atoms with van der Waals surface area (Å²) < 4.78 is 0. The second-order valence-corrected chi connectivity index (χ2v) is 0. The van der Waals surface area contributed by atoms with Crippen molar-refractivity contribution in [2.24, 2.45) is 0 Å². The molecule has 0 rings (SSSR count). The molecule has 0 atom stereocenters. The molecule has 0 saturated heterocycles. The van der Waals surface area contributed by atoms with Crippen LogP contribution in [0.5, 0.6) is 0 Å². The predicted octanol–water partition coefficient (Wildman–Crippen LogP) is -9.90. The SMILES string of the molecule is O.O.O.O.O.O.O.O.O.O.O.O.[Fe]. The van der Waals surface area contributed by atoms with Gasteiger partial charge in [-0.25, -0.2) is 0 Å². The molecule has 12 nitrogen and oxygen atoms in total. The van der Waals surface area contributed by atoms with Crippen molar-refractivity contribution in [3.8, 4) is 0 Å². The van der Waals surface area contributed by atoms with E-state index in [1.54, 1.807) is 0 Å². The third-order valence-electron chi connectivity index (χ3n) is 0. The molecule has 0 aromatic rings. The Hall–Kier alpha value is 0.0395. The van der Waals surface area contributed by atoms with Gasteiger partial charge < -0.3 is 65.7 Å². The predicted molar refractivity (Wildman–Crippen MR) is 43.4 cm³/mol. The molecule has 0 saturated carbocycles. The van der Waals surface area contributed by atoms with Crippen LogP contribution in [0.4, 0.5) is 0 Å². The number of rotatable bonds is 0. The maximum Gasteiger partial charge on any atom is 0 e. The second kappa shape index (κ2) is 941000. The Morgan fingerprint density at radius 3 is 0.154 bits per heavy atom. The van der Waals surface area contributed by atoms with Gasteiger partial charge in [-0.15, -0.1) is 0 Å². The van der Waals surface area contributed by atoms with E-state index >= 15 is 0 Å². The van der Waals surface area contributed by atoms with Gasteiger partial charge in [0.15, 0.2) is 0 Å².